The van der Waals surface area contributed by atoms with Crippen LogP contribution in [0.3, 0.4) is 0 Å². The molecule has 2 aliphatic rings. The van der Waals surface area contributed by atoms with Gasteiger partial charge in [-0.25, -0.2) is 0 Å². The summed E-state index contributed by atoms with van der Waals surface area (Å²) in [6.07, 6.45) is 2.46. The van der Waals surface area contributed by atoms with Gasteiger partial charge in [-0.1, -0.05) is 17.7 Å². The number of aryl methyl sites for hydroxylation is 1. The van der Waals surface area contributed by atoms with Crippen molar-refractivity contribution in [2.45, 2.75) is 26.2 Å². The van der Waals surface area contributed by atoms with Gasteiger partial charge >= 0.3 is 0 Å². The van der Waals surface area contributed by atoms with Crippen molar-refractivity contribution in [2.24, 2.45) is 5.41 Å². The molecule has 1 aromatic carbocycles. The van der Waals surface area contributed by atoms with Crippen LogP contribution in [-0.4, -0.2) is 36.3 Å². The van der Waals surface area contributed by atoms with E-state index in [9.17, 15) is 9.59 Å². The van der Waals surface area contributed by atoms with Crippen LogP contribution >= 0.6 is 0 Å². The summed E-state index contributed by atoms with van der Waals surface area (Å²) in [6.45, 7) is 4.30. The Balaban J connectivity index is 1.64. The second-order valence-electron chi connectivity index (χ2n) is 6.11. The van der Waals surface area contributed by atoms with Crippen LogP contribution in [-0.2, 0) is 4.79 Å². The molecule has 0 atom stereocenters. The maximum absolute atomic E-state index is 12.4. The molecule has 2 aliphatic heterocycles. The van der Waals surface area contributed by atoms with Crippen LogP contribution in [0.4, 0.5) is 0 Å². The van der Waals surface area contributed by atoms with E-state index in [0.29, 0.717) is 6.42 Å². The van der Waals surface area contributed by atoms with Crippen molar-refractivity contribution in [3.8, 4) is 0 Å². The summed E-state index contributed by atoms with van der Waals surface area (Å²) in [5.41, 5.74) is 2.02. The van der Waals surface area contributed by atoms with E-state index in [-0.39, 0.29) is 17.2 Å². The van der Waals surface area contributed by atoms with E-state index >= 15 is 0 Å². The lowest BCUT2D eigenvalue weighted by atomic mass is 9.77. The number of nitrogens with one attached hydrogen (secondary N) is 1. The molecule has 0 radical (unpaired) electrons. The minimum atomic E-state index is 0.0984. The highest BCUT2D eigenvalue weighted by molar-refractivity contribution is 5.94. The van der Waals surface area contributed by atoms with Gasteiger partial charge in [0.05, 0.1) is 0 Å². The fraction of sp³-hybridized carbons (Fsp3) is 0.500. The fourth-order valence-electron chi connectivity index (χ4n) is 3.17. The van der Waals surface area contributed by atoms with Crippen LogP contribution < -0.4 is 5.32 Å². The molecule has 3 rings (SSSR count). The molecule has 2 saturated heterocycles. The van der Waals surface area contributed by atoms with E-state index in [1.165, 1.54) is 0 Å². The van der Waals surface area contributed by atoms with Crippen molar-refractivity contribution in [1.82, 2.24) is 10.2 Å². The third-order valence-electron chi connectivity index (χ3n) is 4.61. The average Bonchev–Trinajstić information content (AvgIpc) is 2.81. The van der Waals surface area contributed by atoms with Crippen LogP contribution in [0, 0.1) is 12.3 Å². The molecule has 0 saturated carbocycles. The van der Waals surface area contributed by atoms with Crippen LogP contribution in [0.5, 0.6) is 0 Å². The van der Waals surface area contributed by atoms with Crippen LogP contribution in [0.25, 0.3) is 0 Å². The highest BCUT2D eigenvalue weighted by atomic mass is 16.2. The zero-order valence-electron chi connectivity index (χ0n) is 11.8. The number of nitrogens with zero attached hydrogens (tertiary/aromatic N) is 1. The SMILES string of the molecule is Cc1ccc(C(=O)N2CCC3(CC2)CNC(=O)C3)cc1. The first-order valence-electron chi connectivity index (χ1n) is 7.21. The molecule has 1 aromatic rings. The normalized spacial score (nSPS) is 21.1. The third-order valence-corrected chi connectivity index (χ3v) is 4.61. The minimum absolute atomic E-state index is 0.0984. The molecule has 2 fully saturated rings. The van der Waals surface area contributed by atoms with Gasteiger partial charge in [0.15, 0.2) is 0 Å². The molecule has 0 bridgehead atoms. The molecule has 4 heteroatoms. The Morgan fingerprint density at radius 2 is 1.85 bits per heavy atom. The standard InChI is InChI=1S/C16H20N2O2/c1-12-2-4-13(5-3-12)15(20)18-8-6-16(7-9-18)10-14(19)17-11-16/h2-5H,6-11H2,1H3,(H,17,19). The first-order valence-corrected chi connectivity index (χ1v) is 7.21. The smallest absolute Gasteiger partial charge is 0.253 e. The number of hydrogen-bond donors (Lipinski definition) is 1. The molecule has 0 aromatic heterocycles. The van der Waals surface area contributed by atoms with Crippen molar-refractivity contribution in [3.05, 3.63) is 35.4 Å². The molecule has 0 aliphatic carbocycles. The van der Waals surface area contributed by atoms with Gasteiger partial charge in [0.1, 0.15) is 0 Å². The summed E-state index contributed by atoms with van der Waals surface area (Å²) >= 11 is 0. The summed E-state index contributed by atoms with van der Waals surface area (Å²) in [6, 6.07) is 7.72. The zero-order valence-corrected chi connectivity index (χ0v) is 11.8. The van der Waals surface area contributed by atoms with Gasteiger partial charge in [-0.2, -0.15) is 0 Å². The Morgan fingerprint density at radius 3 is 2.40 bits per heavy atom. The maximum Gasteiger partial charge on any atom is 0.253 e. The Hall–Kier alpha value is -1.84. The molecular weight excluding hydrogens is 252 g/mol. The second-order valence-corrected chi connectivity index (χ2v) is 6.11. The van der Waals surface area contributed by atoms with Gasteiger partial charge in [0.2, 0.25) is 5.91 Å². The third kappa shape index (κ3) is 2.42. The van der Waals surface area contributed by atoms with E-state index in [2.05, 4.69) is 5.32 Å². The molecular formula is C16H20N2O2. The summed E-state index contributed by atoms with van der Waals surface area (Å²) in [4.78, 5) is 25.7. The van der Waals surface area contributed by atoms with Gasteiger partial charge in [0.25, 0.3) is 5.91 Å². The molecule has 1 N–H and O–H groups in total. The highest BCUT2D eigenvalue weighted by Crippen LogP contribution is 2.37. The number of likely N-dealkylation sites (tertiary alicyclic amines) is 1. The minimum Gasteiger partial charge on any atom is -0.356 e. The number of benzene rings is 1. The Morgan fingerprint density at radius 1 is 1.20 bits per heavy atom. The number of hydrogen-bond acceptors (Lipinski definition) is 2. The lowest BCUT2D eigenvalue weighted by molar-refractivity contribution is -0.119. The highest BCUT2D eigenvalue weighted by Gasteiger charge is 2.41. The summed E-state index contributed by atoms with van der Waals surface area (Å²) in [5, 5.41) is 2.92. The van der Waals surface area contributed by atoms with Crippen molar-refractivity contribution in [1.29, 1.82) is 0 Å². The average molecular weight is 272 g/mol. The van der Waals surface area contributed by atoms with E-state index in [4.69, 9.17) is 0 Å². The largest absolute Gasteiger partial charge is 0.356 e. The summed E-state index contributed by atoms with van der Waals surface area (Å²) < 4.78 is 0. The molecule has 2 amide bonds. The number of rotatable bonds is 1. The molecule has 0 unspecified atom stereocenters. The Kier molecular flexibility index (Phi) is 3.24. The lowest BCUT2D eigenvalue weighted by Crippen LogP contribution is -2.44. The molecule has 1 spiro atoms. The topological polar surface area (TPSA) is 49.4 Å². The fourth-order valence-corrected chi connectivity index (χ4v) is 3.17. The Labute approximate surface area is 119 Å². The van der Waals surface area contributed by atoms with Crippen LogP contribution in [0.15, 0.2) is 24.3 Å². The number of carbonyl (C=O) groups is 2. The maximum atomic E-state index is 12.4. The number of amides is 2. The van der Waals surface area contributed by atoms with Crippen molar-refractivity contribution in [2.75, 3.05) is 19.6 Å². The van der Waals surface area contributed by atoms with Gasteiger partial charge in [-0.15, -0.1) is 0 Å². The predicted octanol–water partition coefficient (Wildman–Crippen LogP) is 1.74. The summed E-state index contributed by atoms with van der Waals surface area (Å²) in [7, 11) is 0. The van der Waals surface area contributed by atoms with Gasteiger partial charge in [-0.3, -0.25) is 9.59 Å². The van der Waals surface area contributed by atoms with Crippen LogP contribution in [0.2, 0.25) is 0 Å². The van der Waals surface area contributed by atoms with Crippen molar-refractivity contribution >= 4 is 11.8 Å². The van der Waals surface area contributed by atoms with Crippen molar-refractivity contribution < 1.29 is 9.59 Å². The molecule has 2 heterocycles. The molecule has 106 valence electrons. The molecule has 4 nitrogen and oxygen atoms in total. The van der Waals surface area contributed by atoms with Crippen molar-refractivity contribution in [3.63, 3.8) is 0 Å². The first kappa shape index (κ1) is 13.2. The number of carbonyl (C=O) groups excluding carboxylic acids is 2. The van der Waals surface area contributed by atoms with Gasteiger partial charge in [0, 0.05) is 31.6 Å². The zero-order chi connectivity index (χ0) is 14.2. The van der Waals surface area contributed by atoms with Gasteiger partial charge < -0.3 is 10.2 Å². The quantitative estimate of drug-likeness (QED) is 0.846. The van der Waals surface area contributed by atoms with Gasteiger partial charge in [-0.05, 0) is 37.3 Å². The monoisotopic (exact) mass is 272 g/mol. The predicted molar refractivity (Wildman–Crippen MR) is 76.4 cm³/mol. The number of piperidine rings is 1. The second kappa shape index (κ2) is 4.93. The van der Waals surface area contributed by atoms with E-state index in [1.807, 2.05) is 36.1 Å². The summed E-state index contributed by atoms with van der Waals surface area (Å²) in [5.74, 6) is 0.264. The van der Waals surface area contributed by atoms with E-state index < -0.39 is 0 Å². The van der Waals surface area contributed by atoms with Crippen LogP contribution in [0.1, 0.15) is 35.2 Å². The first-order chi connectivity index (χ1) is 9.58. The lowest BCUT2D eigenvalue weighted by Gasteiger charge is -2.38. The molecule has 20 heavy (non-hydrogen) atoms. The van der Waals surface area contributed by atoms with E-state index in [1.54, 1.807) is 0 Å². The Bertz CT molecular complexity index is 528. The van der Waals surface area contributed by atoms with E-state index in [0.717, 1.165) is 43.6 Å².